The molecule has 88 valence electrons. The van der Waals surface area contributed by atoms with Gasteiger partial charge in [0.25, 0.3) is 5.56 Å². The van der Waals surface area contributed by atoms with E-state index in [0.717, 1.165) is 32.5 Å². The number of aromatic amines is 1. The Kier molecular flexibility index (Phi) is 3.56. The van der Waals surface area contributed by atoms with Crippen molar-refractivity contribution >= 4 is 5.82 Å². The molecule has 16 heavy (non-hydrogen) atoms. The molecule has 0 saturated carbocycles. The summed E-state index contributed by atoms with van der Waals surface area (Å²) < 4.78 is 0. The molecule has 0 amide bonds. The van der Waals surface area contributed by atoms with Crippen LogP contribution in [0.3, 0.4) is 0 Å². The lowest BCUT2D eigenvalue weighted by Gasteiger charge is -2.32. The fourth-order valence-corrected chi connectivity index (χ4v) is 2.30. The van der Waals surface area contributed by atoms with Crippen molar-refractivity contribution in [3.05, 3.63) is 22.7 Å². The Bertz CT molecular complexity index is 388. The van der Waals surface area contributed by atoms with Crippen molar-refractivity contribution in [1.82, 2.24) is 9.97 Å². The number of hydrogen-bond donors (Lipinski definition) is 2. The molecule has 0 bridgehead atoms. The molecule has 5 nitrogen and oxygen atoms in total. The van der Waals surface area contributed by atoms with Crippen molar-refractivity contribution in [2.75, 3.05) is 24.5 Å². The molecular formula is C11H18N4O. The van der Waals surface area contributed by atoms with Gasteiger partial charge in [-0.3, -0.25) is 4.79 Å². The first-order chi connectivity index (χ1) is 7.81. The number of aromatic nitrogens is 2. The van der Waals surface area contributed by atoms with E-state index in [-0.39, 0.29) is 5.56 Å². The minimum absolute atomic E-state index is 0.101. The van der Waals surface area contributed by atoms with Gasteiger partial charge in [0, 0.05) is 25.5 Å². The van der Waals surface area contributed by atoms with E-state index in [1.54, 1.807) is 12.4 Å². The van der Waals surface area contributed by atoms with Crippen LogP contribution in [-0.4, -0.2) is 29.6 Å². The largest absolute Gasteiger partial charge is 0.352 e. The van der Waals surface area contributed by atoms with Crippen molar-refractivity contribution < 1.29 is 0 Å². The van der Waals surface area contributed by atoms with Crippen molar-refractivity contribution in [2.45, 2.75) is 19.3 Å². The van der Waals surface area contributed by atoms with Gasteiger partial charge in [-0.15, -0.1) is 0 Å². The van der Waals surface area contributed by atoms with E-state index in [4.69, 9.17) is 5.73 Å². The van der Waals surface area contributed by atoms with Gasteiger partial charge in [-0.05, 0) is 31.7 Å². The van der Waals surface area contributed by atoms with Crippen molar-refractivity contribution in [3.63, 3.8) is 0 Å². The molecule has 1 atom stereocenters. The third-order valence-electron chi connectivity index (χ3n) is 3.08. The predicted octanol–water partition coefficient (Wildman–Crippen LogP) is 0.335. The highest BCUT2D eigenvalue weighted by molar-refractivity contribution is 5.35. The monoisotopic (exact) mass is 222 g/mol. The fraction of sp³-hybridized carbons (Fsp3) is 0.636. The van der Waals surface area contributed by atoms with Gasteiger partial charge in [0.15, 0.2) is 5.82 Å². The lowest BCUT2D eigenvalue weighted by molar-refractivity contribution is 0.394. The Balaban J connectivity index is 2.10. The molecule has 1 fully saturated rings. The molecule has 1 aliphatic rings. The first-order valence-electron chi connectivity index (χ1n) is 5.80. The van der Waals surface area contributed by atoms with E-state index in [1.807, 2.05) is 0 Å². The molecule has 0 aromatic carbocycles. The summed E-state index contributed by atoms with van der Waals surface area (Å²) in [4.78, 5) is 20.5. The zero-order valence-electron chi connectivity index (χ0n) is 9.35. The van der Waals surface area contributed by atoms with Crippen LogP contribution in [0.25, 0.3) is 0 Å². The highest BCUT2D eigenvalue weighted by Gasteiger charge is 2.21. The molecule has 1 aromatic rings. The smallest absolute Gasteiger partial charge is 0.290 e. The molecule has 1 aliphatic heterocycles. The normalized spacial score (nSPS) is 21.1. The number of piperidine rings is 1. The summed E-state index contributed by atoms with van der Waals surface area (Å²) in [5.41, 5.74) is 5.47. The SMILES string of the molecule is NCCC1CCCN(c2ncc[nH]c2=O)C1. The van der Waals surface area contributed by atoms with Gasteiger partial charge >= 0.3 is 0 Å². The Morgan fingerprint density at radius 3 is 3.25 bits per heavy atom. The first kappa shape index (κ1) is 11.1. The predicted molar refractivity (Wildman–Crippen MR) is 63.5 cm³/mol. The zero-order chi connectivity index (χ0) is 11.4. The van der Waals surface area contributed by atoms with Gasteiger partial charge < -0.3 is 15.6 Å². The summed E-state index contributed by atoms with van der Waals surface area (Å²) in [5.74, 6) is 1.14. The highest BCUT2D eigenvalue weighted by Crippen LogP contribution is 2.21. The fourth-order valence-electron chi connectivity index (χ4n) is 2.30. The van der Waals surface area contributed by atoms with E-state index in [0.29, 0.717) is 11.7 Å². The van der Waals surface area contributed by atoms with Crippen LogP contribution in [0.1, 0.15) is 19.3 Å². The number of H-pyrrole nitrogens is 1. The summed E-state index contributed by atoms with van der Waals surface area (Å²) in [6.45, 7) is 2.54. The molecule has 0 radical (unpaired) electrons. The summed E-state index contributed by atoms with van der Waals surface area (Å²) in [6, 6.07) is 0. The van der Waals surface area contributed by atoms with Crippen molar-refractivity contribution in [3.8, 4) is 0 Å². The third-order valence-corrected chi connectivity index (χ3v) is 3.08. The Morgan fingerprint density at radius 2 is 2.50 bits per heavy atom. The number of nitrogens with zero attached hydrogens (tertiary/aromatic N) is 2. The molecule has 1 unspecified atom stereocenters. The zero-order valence-corrected chi connectivity index (χ0v) is 9.35. The van der Waals surface area contributed by atoms with Crippen LogP contribution < -0.4 is 16.2 Å². The van der Waals surface area contributed by atoms with Crippen molar-refractivity contribution in [2.24, 2.45) is 11.7 Å². The number of nitrogens with one attached hydrogen (secondary N) is 1. The van der Waals surface area contributed by atoms with E-state index >= 15 is 0 Å². The van der Waals surface area contributed by atoms with Gasteiger partial charge in [-0.2, -0.15) is 0 Å². The van der Waals surface area contributed by atoms with Gasteiger partial charge in [-0.25, -0.2) is 4.98 Å². The minimum atomic E-state index is -0.101. The Morgan fingerprint density at radius 1 is 1.62 bits per heavy atom. The van der Waals surface area contributed by atoms with Crippen LogP contribution in [0, 0.1) is 5.92 Å². The van der Waals surface area contributed by atoms with E-state index in [1.165, 1.54) is 6.42 Å². The number of anilines is 1. The van der Waals surface area contributed by atoms with E-state index < -0.39 is 0 Å². The maximum absolute atomic E-state index is 11.6. The Hall–Kier alpha value is -1.36. The molecule has 0 aliphatic carbocycles. The van der Waals surface area contributed by atoms with E-state index in [9.17, 15) is 4.79 Å². The van der Waals surface area contributed by atoms with Crippen LogP contribution in [0.15, 0.2) is 17.2 Å². The lowest BCUT2D eigenvalue weighted by atomic mass is 9.95. The molecule has 1 saturated heterocycles. The number of rotatable bonds is 3. The molecule has 1 aromatic heterocycles. The van der Waals surface area contributed by atoms with Crippen molar-refractivity contribution in [1.29, 1.82) is 0 Å². The highest BCUT2D eigenvalue weighted by atomic mass is 16.1. The molecular weight excluding hydrogens is 204 g/mol. The summed E-state index contributed by atoms with van der Waals surface area (Å²) in [7, 11) is 0. The summed E-state index contributed by atoms with van der Waals surface area (Å²) in [6.07, 6.45) is 6.54. The van der Waals surface area contributed by atoms with Crippen LogP contribution in [0.2, 0.25) is 0 Å². The van der Waals surface area contributed by atoms with Gasteiger partial charge in [0.05, 0.1) is 0 Å². The van der Waals surface area contributed by atoms with Gasteiger partial charge in [0.1, 0.15) is 0 Å². The second kappa shape index (κ2) is 5.12. The maximum atomic E-state index is 11.6. The van der Waals surface area contributed by atoms with Crippen LogP contribution in [-0.2, 0) is 0 Å². The second-order valence-corrected chi connectivity index (χ2v) is 4.27. The average molecular weight is 222 g/mol. The quantitative estimate of drug-likeness (QED) is 0.773. The Labute approximate surface area is 94.7 Å². The maximum Gasteiger partial charge on any atom is 0.290 e. The lowest BCUT2D eigenvalue weighted by Crippen LogP contribution is -2.39. The van der Waals surface area contributed by atoms with Crippen LogP contribution in [0.4, 0.5) is 5.82 Å². The molecule has 2 rings (SSSR count). The van der Waals surface area contributed by atoms with Crippen LogP contribution in [0.5, 0.6) is 0 Å². The van der Waals surface area contributed by atoms with Crippen LogP contribution >= 0.6 is 0 Å². The number of nitrogens with two attached hydrogens (primary N) is 1. The molecule has 0 spiro atoms. The summed E-state index contributed by atoms with van der Waals surface area (Å²) in [5, 5.41) is 0. The molecule has 5 heteroatoms. The third kappa shape index (κ3) is 2.41. The van der Waals surface area contributed by atoms with E-state index in [2.05, 4.69) is 14.9 Å². The topological polar surface area (TPSA) is 75.0 Å². The van der Waals surface area contributed by atoms with Gasteiger partial charge in [0.2, 0.25) is 0 Å². The first-order valence-corrected chi connectivity index (χ1v) is 5.80. The van der Waals surface area contributed by atoms with Gasteiger partial charge in [-0.1, -0.05) is 0 Å². The standard InChI is InChI=1S/C11H18N4O/c12-4-3-9-2-1-7-15(8-9)10-11(16)14-6-5-13-10/h5-6,9H,1-4,7-8,12H2,(H,14,16). The number of hydrogen-bond acceptors (Lipinski definition) is 4. The molecule has 3 N–H and O–H groups in total. The molecule has 2 heterocycles. The minimum Gasteiger partial charge on any atom is -0.352 e. The summed E-state index contributed by atoms with van der Waals surface area (Å²) >= 11 is 0. The average Bonchev–Trinajstić information content (AvgIpc) is 2.30. The second-order valence-electron chi connectivity index (χ2n) is 4.27.